The third-order valence-electron chi connectivity index (χ3n) is 2.73. The number of aliphatic hydroxyl groups excluding tert-OH is 2. The highest BCUT2D eigenvalue weighted by Crippen LogP contribution is 2.21. The second-order valence-corrected chi connectivity index (χ2v) is 4.01. The van der Waals surface area contributed by atoms with Crippen molar-refractivity contribution in [2.45, 2.75) is 37.6 Å². The minimum absolute atomic E-state index is 0.391. The van der Waals surface area contributed by atoms with E-state index in [2.05, 4.69) is 0 Å². The van der Waals surface area contributed by atoms with Gasteiger partial charge in [0.25, 0.3) is 0 Å². The van der Waals surface area contributed by atoms with E-state index in [9.17, 15) is 10.2 Å². The largest absolute Gasteiger partial charge is 0.390 e. The Hall–Kier alpha value is -0.200. The lowest BCUT2D eigenvalue weighted by molar-refractivity contribution is -0.129. The van der Waals surface area contributed by atoms with E-state index in [1.807, 2.05) is 0 Å². The van der Waals surface area contributed by atoms with Crippen molar-refractivity contribution in [2.75, 3.05) is 33.5 Å². The third kappa shape index (κ3) is 4.76. The van der Waals surface area contributed by atoms with E-state index < -0.39 is 18.3 Å². The van der Waals surface area contributed by atoms with Gasteiger partial charge in [-0.3, -0.25) is 0 Å². The number of hydrogen-bond donors (Lipinski definition) is 2. The van der Waals surface area contributed by atoms with Crippen molar-refractivity contribution in [2.24, 2.45) is 0 Å². The van der Waals surface area contributed by atoms with Crippen molar-refractivity contribution in [3.05, 3.63) is 0 Å². The molecule has 16 heavy (non-hydrogen) atoms. The zero-order valence-electron chi connectivity index (χ0n) is 9.80. The summed E-state index contributed by atoms with van der Waals surface area (Å²) in [6.07, 6.45) is 0.690. The van der Waals surface area contributed by atoms with Gasteiger partial charge in [-0.1, -0.05) is 0 Å². The van der Waals surface area contributed by atoms with Gasteiger partial charge in [0.15, 0.2) is 0 Å². The zero-order chi connectivity index (χ0) is 11.8. The van der Waals surface area contributed by atoms with Crippen LogP contribution in [0.3, 0.4) is 0 Å². The van der Waals surface area contributed by atoms with Crippen LogP contribution in [0.2, 0.25) is 0 Å². The Labute approximate surface area is 96.3 Å². The van der Waals surface area contributed by atoms with Crippen LogP contribution >= 0.6 is 0 Å². The van der Waals surface area contributed by atoms with Crippen molar-refractivity contribution in [1.82, 2.24) is 0 Å². The Balaban J connectivity index is 2.06. The monoisotopic (exact) mass is 234 g/mol. The molecule has 1 aliphatic carbocycles. The van der Waals surface area contributed by atoms with Crippen molar-refractivity contribution in [3.63, 3.8) is 0 Å². The molecule has 0 radical (unpaired) electrons. The van der Waals surface area contributed by atoms with Crippen molar-refractivity contribution in [1.29, 1.82) is 0 Å². The Morgan fingerprint density at radius 2 is 1.62 bits per heavy atom. The molecule has 0 aromatic carbocycles. The standard InChI is InChI=1S/C11H22O5/c1-14-5-6-15-7-8-16-11-9(12)3-2-4-10(11)13/h9-13H,2-8H2,1H3. The van der Waals surface area contributed by atoms with Crippen LogP contribution in [0.25, 0.3) is 0 Å². The van der Waals surface area contributed by atoms with Crippen molar-refractivity contribution in [3.8, 4) is 0 Å². The van der Waals surface area contributed by atoms with Crippen LogP contribution in [0.5, 0.6) is 0 Å². The van der Waals surface area contributed by atoms with E-state index in [0.717, 1.165) is 6.42 Å². The van der Waals surface area contributed by atoms with E-state index in [1.165, 1.54) is 0 Å². The third-order valence-corrected chi connectivity index (χ3v) is 2.73. The topological polar surface area (TPSA) is 68.2 Å². The van der Waals surface area contributed by atoms with Crippen LogP contribution in [-0.2, 0) is 14.2 Å². The van der Waals surface area contributed by atoms with Gasteiger partial charge in [0.2, 0.25) is 0 Å². The maximum atomic E-state index is 9.63. The summed E-state index contributed by atoms with van der Waals surface area (Å²) in [6, 6.07) is 0. The molecule has 0 aromatic heterocycles. The SMILES string of the molecule is COCCOCCOC1C(O)CCCC1O. The molecular formula is C11H22O5. The summed E-state index contributed by atoms with van der Waals surface area (Å²) in [5.41, 5.74) is 0. The Kier molecular flexibility index (Phi) is 6.91. The molecule has 1 rings (SSSR count). The molecule has 0 bridgehead atoms. The summed E-state index contributed by atoms with van der Waals surface area (Å²) in [6.45, 7) is 1.95. The van der Waals surface area contributed by atoms with Gasteiger partial charge in [-0.2, -0.15) is 0 Å². The molecule has 0 amide bonds. The van der Waals surface area contributed by atoms with E-state index >= 15 is 0 Å². The first-order valence-corrected chi connectivity index (χ1v) is 5.80. The molecule has 2 atom stereocenters. The van der Waals surface area contributed by atoms with Crippen LogP contribution in [0, 0.1) is 0 Å². The molecule has 5 nitrogen and oxygen atoms in total. The fourth-order valence-electron chi connectivity index (χ4n) is 1.83. The molecule has 0 saturated heterocycles. The number of hydrogen-bond acceptors (Lipinski definition) is 5. The first-order valence-electron chi connectivity index (χ1n) is 5.80. The van der Waals surface area contributed by atoms with Crippen LogP contribution in [0.4, 0.5) is 0 Å². The maximum Gasteiger partial charge on any atom is 0.109 e. The second-order valence-electron chi connectivity index (χ2n) is 4.01. The normalized spacial score (nSPS) is 30.6. The van der Waals surface area contributed by atoms with Gasteiger partial charge < -0.3 is 24.4 Å². The molecule has 0 heterocycles. The van der Waals surface area contributed by atoms with E-state index in [0.29, 0.717) is 39.3 Å². The lowest BCUT2D eigenvalue weighted by Gasteiger charge is -2.32. The van der Waals surface area contributed by atoms with Crippen molar-refractivity contribution < 1.29 is 24.4 Å². The molecule has 96 valence electrons. The first-order chi connectivity index (χ1) is 7.75. The summed E-state index contributed by atoms with van der Waals surface area (Å²) >= 11 is 0. The lowest BCUT2D eigenvalue weighted by Crippen LogP contribution is -2.43. The first kappa shape index (κ1) is 13.9. The fraction of sp³-hybridized carbons (Fsp3) is 1.00. The highest BCUT2D eigenvalue weighted by molar-refractivity contribution is 4.82. The molecule has 1 saturated carbocycles. The Bertz CT molecular complexity index is 166. The van der Waals surface area contributed by atoms with Gasteiger partial charge in [0.05, 0.1) is 38.6 Å². The van der Waals surface area contributed by atoms with Gasteiger partial charge in [-0.05, 0) is 19.3 Å². The molecule has 2 unspecified atom stereocenters. The summed E-state index contributed by atoms with van der Waals surface area (Å²) in [7, 11) is 1.62. The molecule has 0 spiro atoms. The highest BCUT2D eigenvalue weighted by atomic mass is 16.6. The lowest BCUT2D eigenvalue weighted by atomic mass is 9.92. The fourth-order valence-corrected chi connectivity index (χ4v) is 1.83. The number of ether oxygens (including phenoxy) is 3. The molecule has 2 N–H and O–H groups in total. The number of methoxy groups -OCH3 is 1. The summed E-state index contributed by atoms with van der Waals surface area (Å²) in [4.78, 5) is 0. The maximum absolute atomic E-state index is 9.63. The number of rotatable bonds is 7. The molecule has 1 fully saturated rings. The van der Waals surface area contributed by atoms with Crippen LogP contribution in [-0.4, -0.2) is 62.1 Å². The summed E-state index contributed by atoms with van der Waals surface area (Å²) in [5.74, 6) is 0. The van der Waals surface area contributed by atoms with Crippen LogP contribution in [0.1, 0.15) is 19.3 Å². The highest BCUT2D eigenvalue weighted by Gasteiger charge is 2.31. The Morgan fingerprint density at radius 1 is 1.00 bits per heavy atom. The Morgan fingerprint density at radius 3 is 2.25 bits per heavy atom. The van der Waals surface area contributed by atoms with Gasteiger partial charge >= 0.3 is 0 Å². The van der Waals surface area contributed by atoms with E-state index in [4.69, 9.17) is 14.2 Å². The predicted octanol–water partition coefficient (Wildman–Crippen LogP) is -0.0597. The van der Waals surface area contributed by atoms with Crippen LogP contribution < -0.4 is 0 Å². The van der Waals surface area contributed by atoms with Crippen molar-refractivity contribution >= 4 is 0 Å². The van der Waals surface area contributed by atoms with E-state index in [1.54, 1.807) is 7.11 Å². The summed E-state index contributed by atoms with van der Waals surface area (Å²) in [5, 5.41) is 19.3. The molecular weight excluding hydrogens is 212 g/mol. The van der Waals surface area contributed by atoms with Gasteiger partial charge in [-0.25, -0.2) is 0 Å². The average Bonchev–Trinajstić information content (AvgIpc) is 2.26. The van der Waals surface area contributed by atoms with E-state index in [-0.39, 0.29) is 0 Å². The minimum atomic E-state index is -0.553. The predicted molar refractivity (Wildman–Crippen MR) is 58.3 cm³/mol. The quantitative estimate of drug-likeness (QED) is 0.604. The smallest absolute Gasteiger partial charge is 0.109 e. The molecule has 0 aliphatic heterocycles. The average molecular weight is 234 g/mol. The molecule has 5 heteroatoms. The van der Waals surface area contributed by atoms with Gasteiger partial charge in [0, 0.05) is 7.11 Å². The minimum Gasteiger partial charge on any atom is -0.390 e. The van der Waals surface area contributed by atoms with Crippen LogP contribution in [0.15, 0.2) is 0 Å². The zero-order valence-corrected chi connectivity index (χ0v) is 9.80. The number of aliphatic hydroxyl groups is 2. The van der Waals surface area contributed by atoms with Gasteiger partial charge in [-0.15, -0.1) is 0 Å². The molecule has 0 aromatic rings. The molecule has 1 aliphatic rings. The second kappa shape index (κ2) is 7.97. The summed E-state index contributed by atoms with van der Waals surface area (Å²) < 4.78 is 15.5. The van der Waals surface area contributed by atoms with Gasteiger partial charge in [0.1, 0.15) is 6.10 Å².